The lowest BCUT2D eigenvalue weighted by Crippen LogP contribution is -2.24. The minimum absolute atomic E-state index is 0.231. The van der Waals surface area contributed by atoms with Gasteiger partial charge in [-0.2, -0.15) is 0 Å². The molecule has 0 atom stereocenters. The third-order valence-corrected chi connectivity index (χ3v) is 3.86. The van der Waals surface area contributed by atoms with Gasteiger partial charge in [0.2, 0.25) is 6.79 Å². The van der Waals surface area contributed by atoms with E-state index in [1.165, 1.54) is 0 Å². The third-order valence-electron chi connectivity index (χ3n) is 3.86. The first-order chi connectivity index (χ1) is 12.3. The highest BCUT2D eigenvalue weighted by molar-refractivity contribution is 5.92. The van der Waals surface area contributed by atoms with Gasteiger partial charge in [0.25, 0.3) is 5.91 Å². The lowest BCUT2D eigenvalue weighted by molar-refractivity contribution is 0.0945. The number of aromatic nitrogens is 2. The smallest absolute Gasteiger partial charge is 0.272 e. The third kappa shape index (κ3) is 3.28. The number of amides is 1. The van der Waals surface area contributed by atoms with Crippen LogP contribution in [0.1, 0.15) is 16.1 Å². The van der Waals surface area contributed by atoms with Crippen LogP contribution in [0.3, 0.4) is 0 Å². The van der Waals surface area contributed by atoms with Crippen molar-refractivity contribution in [3.63, 3.8) is 0 Å². The van der Waals surface area contributed by atoms with Crippen LogP contribution in [0.2, 0.25) is 0 Å². The van der Waals surface area contributed by atoms with E-state index < -0.39 is 0 Å². The van der Waals surface area contributed by atoms with Crippen LogP contribution in [0.15, 0.2) is 60.7 Å². The Morgan fingerprint density at radius 1 is 0.960 bits per heavy atom. The van der Waals surface area contributed by atoms with Gasteiger partial charge in [-0.05, 0) is 29.8 Å². The molecule has 0 fully saturated rings. The summed E-state index contributed by atoms with van der Waals surface area (Å²) in [4.78, 5) is 12.2. The molecular weight excluding hydrogens is 318 g/mol. The van der Waals surface area contributed by atoms with Crippen molar-refractivity contribution in [1.29, 1.82) is 0 Å². The molecule has 0 saturated heterocycles. The van der Waals surface area contributed by atoms with Crippen molar-refractivity contribution in [1.82, 2.24) is 15.5 Å². The van der Waals surface area contributed by atoms with E-state index in [2.05, 4.69) is 15.5 Å². The predicted molar refractivity (Wildman–Crippen MR) is 91.2 cm³/mol. The number of fused-ring (bicyclic) bond motifs is 1. The largest absolute Gasteiger partial charge is 0.454 e. The number of rotatable bonds is 4. The quantitative estimate of drug-likeness (QED) is 0.795. The molecule has 4 rings (SSSR count). The lowest BCUT2D eigenvalue weighted by Gasteiger charge is -2.06. The monoisotopic (exact) mass is 333 g/mol. The van der Waals surface area contributed by atoms with Crippen LogP contribution in [0.4, 0.5) is 0 Å². The summed E-state index contributed by atoms with van der Waals surface area (Å²) in [6, 6.07) is 18.7. The van der Waals surface area contributed by atoms with E-state index in [0.717, 1.165) is 22.6 Å². The first-order valence-corrected chi connectivity index (χ1v) is 7.85. The first kappa shape index (κ1) is 15.1. The van der Waals surface area contributed by atoms with Crippen LogP contribution >= 0.6 is 0 Å². The topological polar surface area (TPSA) is 73.3 Å². The van der Waals surface area contributed by atoms with Crippen molar-refractivity contribution in [2.75, 3.05) is 6.79 Å². The van der Waals surface area contributed by atoms with E-state index in [-0.39, 0.29) is 18.4 Å². The summed E-state index contributed by atoms with van der Waals surface area (Å²) < 4.78 is 10.6. The molecule has 0 unspecified atom stereocenters. The first-order valence-electron chi connectivity index (χ1n) is 7.85. The molecule has 6 nitrogen and oxygen atoms in total. The van der Waals surface area contributed by atoms with Gasteiger partial charge >= 0.3 is 0 Å². The summed E-state index contributed by atoms with van der Waals surface area (Å²) in [5, 5.41) is 11.0. The second kappa shape index (κ2) is 6.60. The molecule has 2 aromatic carbocycles. The van der Waals surface area contributed by atoms with Crippen LogP contribution < -0.4 is 14.8 Å². The van der Waals surface area contributed by atoms with Gasteiger partial charge in [0, 0.05) is 12.1 Å². The van der Waals surface area contributed by atoms with E-state index in [1.807, 2.05) is 48.5 Å². The molecule has 0 saturated carbocycles. The summed E-state index contributed by atoms with van der Waals surface area (Å²) in [7, 11) is 0. The van der Waals surface area contributed by atoms with Gasteiger partial charge in [0.15, 0.2) is 17.2 Å². The van der Waals surface area contributed by atoms with Gasteiger partial charge in [-0.15, -0.1) is 10.2 Å². The molecule has 1 N–H and O–H groups in total. The van der Waals surface area contributed by atoms with E-state index in [1.54, 1.807) is 12.1 Å². The van der Waals surface area contributed by atoms with Gasteiger partial charge in [0.1, 0.15) is 0 Å². The fourth-order valence-electron chi connectivity index (χ4n) is 2.54. The Kier molecular flexibility index (Phi) is 4.00. The highest BCUT2D eigenvalue weighted by Crippen LogP contribution is 2.32. The van der Waals surface area contributed by atoms with Crippen LogP contribution in [-0.2, 0) is 6.54 Å². The van der Waals surface area contributed by atoms with E-state index >= 15 is 0 Å². The molecule has 0 bridgehead atoms. The van der Waals surface area contributed by atoms with Gasteiger partial charge in [0.05, 0.1) is 5.69 Å². The maximum absolute atomic E-state index is 12.2. The fraction of sp³-hybridized carbons (Fsp3) is 0.105. The molecule has 1 aliphatic rings. The number of ether oxygens (including phenoxy) is 2. The zero-order valence-electron chi connectivity index (χ0n) is 13.3. The van der Waals surface area contributed by atoms with Crippen LogP contribution in [0.25, 0.3) is 11.3 Å². The molecule has 25 heavy (non-hydrogen) atoms. The SMILES string of the molecule is O=C(NCc1ccc2c(c1)OCO2)c1ccc(-c2ccccc2)nn1. The lowest BCUT2D eigenvalue weighted by atomic mass is 10.1. The summed E-state index contributed by atoms with van der Waals surface area (Å²) in [6.07, 6.45) is 0. The van der Waals surface area contributed by atoms with Crippen molar-refractivity contribution in [2.24, 2.45) is 0 Å². The molecule has 3 aromatic rings. The van der Waals surface area contributed by atoms with Gasteiger partial charge < -0.3 is 14.8 Å². The molecule has 0 radical (unpaired) electrons. The van der Waals surface area contributed by atoms with Crippen LogP contribution in [0, 0.1) is 0 Å². The highest BCUT2D eigenvalue weighted by Gasteiger charge is 2.14. The van der Waals surface area contributed by atoms with E-state index in [4.69, 9.17) is 9.47 Å². The number of hydrogen-bond donors (Lipinski definition) is 1. The maximum Gasteiger partial charge on any atom is 0.272 e. The van der Waals surface area contributed by atoms with Crippen molar-refractivity contribution < 1.29 is 14.3 Å². The second-order valence-corrected chi connectivity index (χ2v) is 5.54. The zero-order chi connectivity index (χ0) is 17.1. The van der Waals surface area contributed by atoms with Crippen molar-refractivity contribution >= 4 is 5.91 Å². The second-order valence-electron chi connectivity index (χ2n) is 5.54. The number of nitrogens with zero attached hydrogens (tertiary/aromatic N) is 2. The van der Waals surface area contributed by atoms with E-state index in [9.17, 15) is 4.79 Å². The molecule has 0 spiro atoms. The number of nitrogens with one attached hydrogen (secondary N) is 1. The van der Waals surface area contributed by atoms with Crippen molar-refractivity contribution in [3.05, 3.63) is 71.9 Å². The van der Waals surface area contributed by atoms with Gasteiger partial charge in [-0.1, -0.05) is 36.4 Å². The fourth-order valence-corrected chi connectivity index (χ4v) is 2.54. The number of carbonyl (C=O) groups excluding carboxylic acids is 1. The Labute approximate surface area is 144 Å². The normalized spacial score (nSPS) is 12.0. The van der Waals surface area contributed by atoms with Crippen molar-refractivity contribution in [3.8, 4) is 22.8 Å². The Morgan fingerprint density at radius 2 is 1.80 bits per heavy atom. The summed E-state index contributed by atoms with van der Waals surface area (Å²) in [5.41, 5.74) is 2.89. The minimum atomic E-state index is -0.273. The molecule has 124 valence electrons. The summed E-state index contributed by atoms with van der Waals surface area (Å²) in [6.45, 7) is 0.603. The Morgan fingerprint density at radius 3 is 2.60 bits per heavy atom. The number of benzene rings is 2. The molecule has 1 aromatic heterocycles. The zero-order valence-corrected chi connectivity index (χ0v) is 13.3. The standard InChI is InChI=1S/C19H15N3O3/c23-19(20-11-13-6-9-17-18(10-13)25-12-24-17)16-8-7-15(21-22-16)14-4-2-1-3-5-14/h1-10H,11-12H2,(H,20,23). The Hall–Kier alpha value is -3.41. The van der Waals surface area contributed by atoms with Gasteiger partial charge in [-0.25, -0.2) is 0 Å². The van der Waals surface area contributed by atoms with Crippen molar-refractivity contribution in [2.45, 2.75) is 6.54 Å². The molecule has 6 heteroatoms. The van der Waals surface area contributed by atoms with Crippen LogP contribution in [-0.4, -0.2) is 22.9 Å². The highest BCUT2D eigenvalue weighted by atomic mass is 16.7. The Balaban J connectivity index is 1.41. The molecule has 1 amide bonds. The predicted octanol–water partition coefficient (Wildman–Crippen LogP) is 2.80. The summed E-state index contributed by atoms with van der Waals surface area (Å²) >= 11 is 0. The average Bonchev–Trinajstić information content (AvgIpc) is 3.15. The molecule has 2 heterocycles. The number of carbonyl (C=O) groups is 1. The average molecular weight is 333 g/mol. The molecule has 1 aliphatic heterocycles. The Bertz CT molecular complexity index is 896. The van der Waals surface area contributed by atoms with Crippen LogP contribution in [0.5, 0.6) is 11.5 Å². The molecule has 0 aliphatic carbocycles. The minimum Gasteiger partial charge on any atom is -0.454 e. The maximum atomic E-state index is 12.2. The van der Waals surface area contributed by atoms with E-state index in [0.29, 0.717) is 12.3 Å². The van der Waals surface area contributed by atoms with Gasteiger partial charge in [-0.3, -0.25) is 4.79 Å². The summed E-state index contributed by atoms with van der Waals surface area (Å²) in [5.74, 6) is 1.14. The number of hydrogen-bond acceptors (Lipinski definition) is 5. The molecular formula is C19H15N3O3.